The molecule has 1 aliphatic carbocycles. The van der Waals surface area contributed by atoms with Crippen LogP contribution in [0.2, 0.25) is 0 Å². The van der Waals surface area contributed by atoms with Crippen LogP contribution in [0.4, 0.5) is 11.4 Å². The average molecular weight is 326 g/mol. The van der Waals surface area contributed by atoms with Crippen LogP contribution in [0.15, 0.2) is 24.3 Å². The highest BCUT2D eigenvalue weighted by Gasteiger charge is 2.48. The molecule has 0 aromatic heterocycles. The Labute approximate surface area is 128 Å². The van der Waals surface area contributed by atoms with E-state index in [4.69, 9.17) is 5.11 Å². The van der Waals surface area contributed by atoms with Crippen molar-refractivity contribution in [1.29, 1.82) is 0 Å². The summed E-state index contributed by atoms with van der Waals surface area (Å²) in [5.74, 6) is -2.45. The summed E-state index contributed by atoms with van der Waals surface area (Å²) >= 11 is 0. The van der Waals surface area contributed by atoms with Gasteiger partial charge in [0.1, 0.15) is 0 Å². The van der Waals surface area contributed by atoms with E-state index in [1.807, 2.05) is 0 Å². The minimum atomic E-state index is -3.39. The van der Waals surface area contributed by atoms with Gasteiger partial charge in [-0.1, -0.05) is 13.0 Å². The second-order valence-corrected chi connectivity index (χ2v) is 7.12. The van der Waals surface area contributed by atoms with Gasteiger partial charge in [-0.05, 0) is 31.0 Å². The standard InChI is InChI=1S/C14H18N2O5S/c1-2-6-22(20,21)16-10-5-3-4-9(7-10)15-13(17)11-8-12(11)14(18)19/h3-5,7,11-12,16H,2,6,8H2,1H3,(H,15,17)(H,18,19)/t11-,12+/m0/s1. The van der Waals surface area contributed by atoms with Crippen LogP contribution in [0.5, 0.6) is 0 Å². The molecule has 120 valence electrons. The van der Waals surface area contributed by atoms with E-state index in [0.29, 0.717) is 24.2 Å². The van der Waals surface area contributed by atoms with Crippen molar-refractivity contribution in [3.05, 3.63) is 24.3 Å². The van der Waals surface area contributed by atoms with Gasteiger partial charge in [0.25, 0.3) is 0 Å². The van der Waals surface area contributed by atoms with Crippen molar-refractivity contribution in [3.63, 3.8) is 0 Å². The van der Waals surface area contributed by atoms with Crippen molar-refractivity contribution < 1.29 is 23.1 Å². The largest absolute Gasteiger partial charge is 0.481 e. The number of rotatable bonds is 7. The third kappa shape index (κ3) is 4.20. The number of amides is 1. The van der Waals surface area contributed by atoms with Gasteiger partial charge in [-0.15, -0.1) is 0 Å². The lowest BCUT2D eigenvalue weighted by atomic mass is 10.2. The van der Waals surface area contributed by atoms with Crippen LogP contribution in [0.3, 0.4) is 0 Å². The average Bonchev–Trinajstić information content (AvgIpc) is 3.18. The maximum atomic E-state index is 11.9. The van der Waals surface area contributed by atoms with Gasteiger partial charge in [-0.2, -0.15) is 0 Å². The molecule has 8 heteroatoms. The summed E-state index contributed by atoms with van der Waals surface area (Å²) in [4.78, 5) is 22.6. The summed E-state index contributed by atoms with van der Waals surface area (Å²) in [5.41, 5.74) is 0.787. The summed E-state index contributed by atoms with van der Waals surface area (Å²) in [6.07, 6.45) is 0.841. The Bertz CT molecular complexity index is 686. The number of aliphatic carboxylic acids is 1. The van der Waals surface area contributed by atoms with Crippen molar-refractivity contribution >= 4 is 33.3 Å². The highest BCUT2D eigenvalue weighted by molar-refractivity contribution is 7.92. The highest BCUT2D eigenvalue weighted by atomic mass is 32.2. The number of carboxylic acids is 1. The van der Waals surface area contributed by atoms with E-state index in [-0.39, 0.29) is 11.7 Å². The molecule has 1 aromatic rings. The van der Waals surface area contributed by atoms with Crippen LogP contribution in [-0.4, -0.2) is 31.2 Å². The molecule has 0 unspecified atom stereocenters. The maximum Gasteiger partial charge on any atom is 0.307 e. The lowest BCUT2D eigenvalue weighted by molar-refractivity contribution is -0.139. The predicted octanol–water partition coefficient (Wildman–Crippen LogP) is 1.50. The molecule has 2 atom stereocenters. The summed E-state index contributed by atoms with van der Waals surface area (Å²) in [5, 5.41) is 11.4. The zero-order chi connectivity index (χ0) is 16.3. The van der Waals surface area contributed by atoms with Crippen molar-refractivity contribution in [3.8, 4) is 0 Å². The van der Waals surface area contributed by atoms with Crippen LogP contribution in [0, 0.1) is 11.8 Å². The summed E-state index contributed by atoms with van der Waals surface area (Å²) in [6, 6.07) is 6.32. The SMILES string of the molecule is CCCS(=O)(=O)Nc1cccc(NC(=O)[C@H]2C[C@H]2C(=O)O)c1. The summed E-state index contributed by atoms with van der Waals surface area (Å²) < 4.78 is 25.8. The lowest BCUT2D eigenvalue weighted by Crippen LogP contribution is -2.18. The number of carboxylic acid groups (broad SMARTS) is 1. The molecule has 7 nitrogen and oxygen atoms in total. The van der Waals surface area contributed by atoms with E-state index in [1.165, 1.54) is 6.07 Å². The first-order chi connectivity index (χ1) is 10.3. The first-order valence-electron chi connectivity index (χ1n) is 6.96. The van der Waals surface area contributed by atoms with Crippen LogP contribution in [-0.2, 0) is 19.6 Å². The number of hydrogen-bond donors (Lipinski definition) is 3. The molecule has 22 heavy (non-hydrogen) atoms. The van der Waals surface area contributed by atoms with Crippen LogP contribution in [0.25, 0.3) is 0 Å². The van der Waals surface area contributed by atoms with Gasteiger partial charge < -0.3 is 10.4 Å². The summed E-state index contributed by atoms with van der Waals surface area (Å²) in [7, 11) is -3.39. The number of carbonyl (C=O) groups excluding carboxylic acids is 1. The number of carbonyl (C=O) groups is 2. The first kappa shape index (κ1) is 16.3. The summed E-state index contributed by atoms with van der Waals surface area (Å²) in [6.45, 7) is 1.77. The van der Waals surface area contributed by atoms with Crippen molar-refractivity contribution in [1.82, 2.24) is 0 Å². The third-order valence-corrected chi connectivity index (χ3v) is 4.81. The molecule has 1 fully saturated rings. The first-order valence-corrected chi connectivity index (χ1v) is 8.62. The minimum Gasteiger partial charge on any atom is -0.481 e. The Morgan fingerprint density at radius 2 is 1.95 bits per heavy atom. The van der Waals surface area contributed by atoms with Gasteiger partial charge >= 0.3 is 5.97 Å². The smallest absolute Gasteiger partial charge is 0.307 e. The second-order valence-electron chi connectivity index (χ2n) is 5.28. The normalized spacial score (nSPS) is 20.2. The number of anilines is 2. The fourth-order valence-corrected chi connectivity index (χ4v) is 3.28. The number of sulfonamides is 1. The van der Waals surface area contributed by atoms with E-state index in [1.54, 1.807) is 25.1 Å². The molecule has 1 saturated carbocycles. The highest BCUT2D eigenvalue weighted by Crippen LogP contribution is 2.39. The maximum absolute atomic E-state index is 11.9. The quantitative estimate of drug-likeness (QED) is 0.703. The molecule has 0 saturated heterocycles. The van der Waals surface area contributed by atoms with E-state index < -0.39 is 27.8 Å². The molecule has 2 rings (SSSR count). The Morgan fingerprint density at radius 3 is 2.55 bits per heavy atom. The van der Waals surface area contributed by atoms with E-state index in [0.717, 1.165) is 0 Å². The molecule has 1 aromatic carbocycles. The van der Waals surface area contributed by atoms with Crippen molar-refractivity contribution in [2.45, 2.75) is 19.8 Å². The van der Waals surface area contributed by atoms with Gasteiger partial charge in [-0.3, -0.25) is 14.3 Å². The monoisotopic (exact) mass is 326 g/mol. The molecule has 1 aliphatic rings. The number of benzene rings is 1. The van der Waals surface area contributed by atoms with E-state index >= 15 is 0 Å². The van der Waals surface area contributed by atoms with Crippen LogP contribution < -0.4 is 10.0 Å². The fourth-order valence-electron chi connectivity index (χ4n) is 2.15. The molecule has 0 heterocycles. The Balaban J connectivity index is 2.00. The van der Waals surface area contributed by atoms with E-state index in [9.17, 15) is 18.0 Å². The Morgan fingerprint density at radius 1 is 1.27 bits per heavy atom. The van der Waals surface area contributed by atoms with Gasteiger partial charge in [0.2, 0.25) is 15.9 Å². The van der Waals surface area contributed by atoms with Crippen LogP contribution in [0.1, 0.15) is 19.8 Å². The minimum absolute atomic E-state index is 0.0198. The molecule has 0 bridgehead atoms. The van der Waals surface area contributed by atoms with Crippen LogP contribution >= 0.6 is 0 Å². The molecular formula is C14H18N2O5S. The molecule has 3 N–H and O–H groups in total. The predicted molar refractivity (Wildman–Crippen MR) is 82.0 cm³/mol. The van der Waals surface area contributed by atoms with Crippen molar-refractivity contribution in [2.75, 3.05) is 15.8 Å². The molecule has 1 amide bonds. The second kappa shape index (κ2) is 6.35. The Hall–Kier alpha value is -2.09. The van der Waals surface area contributed by atoms with Gasteiger partial charge in [-0.25, -0.2) is 8.42 Å². The molecule has 0 spiro atoms. The fraction of sp³-hybridized carbons (Fsp3) is 0.429. The van der Waals surface area contributed by atoms with Gasteiger partial charge in [0.05, 0.1) is 23.3 Å². The lowest BCUT2D eigenvalue weighted by Gasteiger charge is -2.09. The number of nitrogens with one attached hydrogen (secondary N) is 2. The zero-order valence-electron chi connectivity index (χ0n) is 12.1. The third-order valence-electron chi connectivity index (χ3n) is 3.32. The molecule has 0 radical (unpaired) electrons. The molecular weight excluding hydrogens is 308 g/mol. The topological polar surface area (TPSA) is 113 Å². The van der Waals surface area contributed by atoms with E-state index in [2.05, 4.69) is 10.0 Å². The molecule has 0 aliphatic heterocycles. The Kier molecular flexibility index (Phi) is 4.70. The number of hydrogen-bond acceptors (Lipinski definition) is 4. The van der Waals surface area contributed by atoms with Gasteiger partial charge in [0, 0.05) is 5.69 Å². The van der Waals surface area contributed by atoms with Crippen molar-refractivity contribution in [2.24, 2.45) is 11.8 Å². The zero-order valence-corrected chi connectivity index (χ0v) is 12.9. The van der Waals surface area contributed by atoms with Gasteiger partial charge in [0.15, 0.2) is 0 Å².